The first-order chi connectivity index (χ1) is 26.2. The molecule has 0 saturated carbocycles. The van der Waals surface area contributed by atoms with E-state index in [9.17, 15) is 0 Å². The molecular weight excluding hydrogens is 660 g/mol. The van der Waals surface area contributed by atoms with Crippen LogP contribution in [0.2, 0.25) is 5.02 Å². The maximum absolute atomic E-state index is 6.37. The lowest BCUT2D eigenvalue weighted by Gasteiger charge is -2.50. The summed E-state index contributed by atoms with van der Waals surface area (Å²) >= 11 is 6.37. The van der Waals surface area contributed by atoms with Crippen LogP contribution in [0.25, 0.3) is 43.8 Å². The number of hydrogen-bond acceptors (Lipinski definition) is 0. The highest BCUT2D eigenvalue weighted by Gasteiger charge is 2.56. The lowest BCUT2D eigenvalue weighted by Crippen LogP contribution is -2.44. The molecule has 0 aliphatic heterocycles. The fourth-order valence-corrected chi connectivity index (χ4v) is 10.3. The summed E-state index contributed by atoms with van der Waals surface area (Å²) in [5.41, 5.74) is 14.6. The summed E-state index contributed by atoms with van der Waals surface area (Å²) in [6.07, 6.45) is 0. The van der Waals surface area contributed by atoms with Crippen LogP contribution < -0.4 is 0 Å². The van der Waals surface area contributed by atoms with Crippen LogP contribution in [0.3, 0.4) is 0 Å². The lowest BCUT2D eigenvalue weighted by molar-refractivity contribution is 0.623. The maximum atomic E-state index is 6.37. The van der Waals surface area contributed by atoms with Crippen molar-refractivity contribution in [1.29, 1.82) is 0 Å². The first kappa shape index (κ1) is 30.4. The van der Waals surface area contributed by atoms with E-state index in [4.69, 9.17) is 11.6 Å². The van der Waals surface area contributed by atoms with Gasteiger partial charge >= 0.3 is 0 Å². The van der Waals surface area contributed by atoms with Gasteiger partial charge in [-0.15, -0.1) is 0 Å². The molecular formula is C52H33Cl. The van der Waals surface area contributed by atoms with Crippen LogP contribution in [0.15, 0.2) is 200 Å². The fourth-order valence-electron chi connectivity index (χ4n) is 10.1. The van der Waals surface area contributed by atoms with Gasteiger partial charge in [-0.3, -0.25) is 0 Å². The molecule has 0 aromatic heterocycles. The van der Waals surface area contributed by atoms with Gasteiger partial charge in [-0.25, -0.2) is 0 Å². The van der Waals surface area contributed by atoms with Gasteiger partial charge in [0.2, 0.25) is 0 Å². The molecule has 0 amide bonds. The van der Waals surface area contributed by atoms with Crippen LogP contribution in [0.1, 0.15) is 44.5 Å². The Hall–Kier alpha value is -6.21. The number of hydrogen-bond donors (Lipinski definition) is 0. The van der Waals surface area contributed by atoms with E-state index < -0.39 is 10.8 Å². The largest absolute Gasteiger partial charge is 0.0843 e. The Labute approximate surface area is 314 Å². The smallest absolute Gasteiger partial charge is 0.0720 e. The minimum Gasteiger partial charge on any atom is -0.0843 e. The highest BCUT2D eigenvalue weighted by molar-refractivity contribution is 6.31. The molecule has 53 heavy (non-hydrogen) atoms. The van der Waals surface area contributed by atoms with Gasteiger partial charge in [0.1, 0.15) is 0 Å². The minimum atomic E-state index is -0.519. The molecule has 0 bridgehead atoms. The van der Waals surface area contributed by atoms with Crippen LogP contribution in [-0.4, -0.2) is 0 Å². The molecule has 2 aliphatic carbocycles. The second-order valence-electron chi connectivity index (χ2n) is 14.5. The zero-order chi connectivity index (χ0) is 35.1. The molecule has 0 fully saturated rings. The number of fused-ring (bicyclic) bond motifs is 12. The SMILES string of the molecule is Clc1ccc2c(ccc3cc(-c4cccc5c4-c4ccccc4C54c5ccccc5C(c5ccccc5)(c5ccccc5)c5ccccc54)ccc32)c1. The Morgan fingerprint density at radius 1 is 0.321 bits per heavy atom. The van der Waals surface area contributed by atoms with Gasteiger partial charge in [0.05, 0.1) is 10.8 Å². The Balaban J connectivity index is 1.24. The standard InChI is InChI=1S/C52H33Cl/c53-39-29-31-41-36(33-39)27-26-34-32-35(28-30-40(34)41)42-19-13-25-49-50(42)43-18-7-8-20-44(43)52(49)47-23-11-9-21-45(47)51(37-14-3-1-4-15-37,38-16-5-2-6-17-38)46-22-10-12-24-48(46)52/h1-33H. The van der Waals surface area contributed by atoms with Crippen molar-refractivity contribution in [2.75, 3.05) is 0 Å². The van der Waals surface area contributed by atoms with E-state index in [0.717, 1.165) is 10.4 Å². The van der Waals surface area contributed by atoms with Gasteiger partial charge < -0.3 is 0 Å². The first-order valence-corrected chi connectivity index (χ1v) is 18.8. The van der Waals surface area contributed by atoms with Crippen LogP contribution in [-0.2, 0) is 10.8 Å². The molecule has 9 aromatic carbocycles. The van der Waals surface area contributed by atoms with Crippen LogP contribution >= 0.6 is 11.6 Å². The Morgan fingerprint density at radius 2 is 0.792 bits per heavy atom. The van der Waals surface area contributed by atoms with Gasteiger partial charge in [0.25, 0.3) is 0 Å². The second-order valence-corrected chi connectivity index (χ2v) is 14.9. The molecule has 11 rings (SSSR count). The van der Waals surface area contributed by atoms with Crippen molar-refractivity contribution in [3.05, 3.63) is 250 Å². The van der Waals surface area contributed by atoms with Crippen molar-refractivity contribution in [3.63, 3.8) is 0 Å². The first-order valence-electron chi connectivity index (χ1n) is 18.4. The van der Waals surface area contributed by atoms with E-state index in [1.165, 1.54) is 82.9 Å². The lowest BCUT2D eigenvalue weighted by atomic mass is 9.51. The van der Waals surface area contributed by atoms with E-state index in [0.29, 0.717) is 0 Å². The van der Waals surface area contributed by atoms with Gasteiger partial charge in [-0.1, -0.05) is 194 Å². The predicted molar refractivity (Wildman–Crippen MR) is 221 cm³/mol. The van der Waals surface area contributed by atoms with Crippen LogP contribution in [0.5, 0.6) is 0 Å². The highest BCUT2D eigenvalue weighted by Crippen LogP contribution is 2.65. The zero-order valence-electron chi connectivity index (χ0n) is 28.9. The van der Waals surface area contributed by atoms with E-state index in [2.05, 4.69) is 194 Å². The third-order valence-electron chi connectivity index (χ3n) is 12.1. The summed E-state index contributed by atoms with van der Waals surface area (Å²) < 4.78 is 0. The van der Waals surface area contributed by atoms with Crippen molar-refractivity contribution < 1.29 is 0 Å². The number of rotatable bonds is 3. The second kappa shape index (κ2) is 11.4. The van der Waals surface area contributed by atoms with Crippen molar-refractivity contribution in [2.24, 2.45) is 0 Å². The van der Waals surface area contributed by atoms with Gasteiger partial charge in [0, 0.05) is 5.02 Å². The molecule has 1 heteroatoms. The Bertz CT molecular complexity index is 2810. The molecule has 248 valence electrons. The summed E-state index contributed by atoms with van der Waals surface area (Å²) in [5, 5.41) is 5.60. The third-order valence-corrected chi connectivity index (χ3v) is 12.3. The average Bonchev–Trinajstić information content (AvgIpc) is 3.52. The number of halogens is 1. The van der Waals surface area contributed by atoms with Gasteiger partial charge in [0.15, 0.2) is 0 Å². The zero-order valence-corrected chi connectivity index (χ0v) is 29.7. The molecule has 0 nitrogen and oxygen atoms in total. The molecule has 2 aliphatic rings. The van der Waals surface area contributed by atoms with Crippen LogP contribution in [0, 0.1) is 0 Å². The number of benzene rings is 9. The monoisotopic (exact) mass is 692 g/mol. The van der Waals surface area contributed by atoms with Crippen LogP contribution in [0.4, 0.5) is 0 Å². The quantitative estimate of drug-likeness (QED) is 0.162. The van der Waals surface area contributed by atoms with Crippen molar-refractivity contribution in [2.45, 2.75) is 10.8 Å². The summed E-state index contributed by atoms with van der Waals surface area (Å²) in [6, 6.07) is 74.4. The normalized spacial score (nSPS) is 14.4. The van der Waals surface area contributed by atoms with E-state index >= 15 is 0 Å². The third kappa shape index (κ3) is 4.02. The molecule has 0 saturated heterocycles. The van der Waals surface area contributed by atoms with Crippen molar-refractivity contribution in [3.8, 4) is 22.3 Å². The fraction of sp³-hybridized carbons (Fsp3) is 0.0385. The summed E-state index contributed by atoms with van der Waals surface area (Å²) in [4.78, 5) is 0. The molecule has 0 heterocycles. The van der Waals surface area contributed by atoms with E-state index in [1.807, 2.05) is 6.07 Å². The predicted octanol–water partition coefficient (Wildman–Crippen LogP) is 13.4. The van der Waals surface area contributed by atoms with Crippen molar-refractivity contribution in [1.82, 2.24) is 0 Å². The van der Waals surface area contributed by atoms with E-state index in [-0.39, 0.29) is 0 Å². The summed E-state index contributed by atoms with van der Waals surface area (Å²) in [6.45, 7) is 0. The maximum Gasteiger partial charge on any atom is 0.0720 e. The van der Waals surface area contributed by atoms with E-state index in [1.54, 1.807) is 0 Å². The molecule has 0 atom stereocenters. The summed E-state index contributed by atoms with van der Waals surface area (Å²) in [5.74, 6) is 0. The average molecular weight is 693 g/mol. The Morgan fingerprint density at radius 3 is 1.42 bits per heavy atom. The summed E-state index contributed by atoms with van der Waals surface area (Å²) in [7, 11) is 0. The van der Waals surface area contributed by atoms with Crippen molar-refractivity contribution >= 4 is 33.1 Å². The van der Waals surface area contributed by atoms with Gasteiger partial charge in [-0.05, 0) is 107 Å². The minimum absolute atomic E-state index is 0.512. The highest BCUT2D eigenvalue weighted by atomic mass is 35.5. The van der Waals surface area contributed by atoms with Gasteiger partial charge in [-0.2, -0.15) is 0 Å². The topological polar surface area (TPSA) is 0 Å². The molecule has 0 unspecified atom stereocenters. The molecule has 0 radical (unpaired) electrons. The molecule has 0 N–H and O–H groups in total. The Kier molecular flexibility index (Phi) is 6.54. The molecule has 9 aromatic rings. The molecule has 1 spiro atoms.